The van der Waals surface area contributed by atoms with E-state index in [4.69, 9.17) is 14.2 Å². The minimum absolute atomic E-state index is 0.0337. The van der Waals surface area contributed by atoms with E-state index in [2.05, 4.69) is 46.9 Å². The van der Waals surface area contributed by atoms with Crippen LogP contribution in [0.3, 0.4) is 0 Å². The Morgan fingerprint density at radius 3 is 1.97 bits per heavy atom. The van der Waals surface area contributed by atoms with E-state index in [0.717, 1.165) is 23.2 Å². The summed E-state index contributed by atoms with van der Waals surface area (Å²) in [5, 5.41) is 29.4. The molecule has 0 radical (unpaired) electrons. The highest BCUT2D eigenvalue weighted by molar-refractivity contribution is 7.99. The maximum absolute atomic E-state index is 12.0. The molecule has 0 aliphatic heterocycles. The van der Waals surface area contributed by atoms with Crippen molar-refractivity contribution >= 4 is 29.4 Å². The molecule has 1 amide bonds. The molecule has 0 spiro atoms. The number of rotatable bonds is 20. The summed E-state index contributed by atoms with van der Waals surface area (Å²) >= 11 is 2.77. The SMILES string of the molecule is C[N+](C)(C)CCOCCOCCOCCSc1nnc(SCCC(=O)NCCc2ccc(O)cc2)nn1. The Morgan fingerprint density at radius 2 is 1.38 bits per heavy atom. The van der Waals surface area contributed by atoms with Crippen molar-refractivity contribution in [3.8, 4) is 5.75 Å². The van der Waals surface area contributed by atoms with Crippen LogP contribution in [0.2, 0.25) is 0 Å². The van der Waals surface area contributed by atoms with E-state index in [-0.39, 0.29) is 11.7 Å². The molecule has 0 aliphatic carbocycles. The Labute approximate surface area is 227 Å². The second-order valence-electron chi connectivity index (χ2n) is 9.03. The number of nitrogens with one attached hydrogen (secondary N) is 1. The summed E-state index contributed by atoms with van der Waals surface area (Å²) in [5.41, 5.74) is 1.06. The highest BCUT2D eigenvalue weighted by Gasteiger charge is 2.07. The summed E-state index contributed by atoms with van der Waals surface area (Å²) in [6.07, 6.45) is 1.06. The van der Waals surface area contributed by atoms with Crippen molar-refractivity contribution in [2.75, 3.05) is 85.4 Å². The zero-order valence-corrected chi connectivity index (χ0v) is 23.6. The van der Waals surface area contributed by atoms with Crippen molar-refractivity contribution in [3.05, 3.63) is 29.8 Å². The molecule has 206 valence electrons. The van der Waals surface area contributed by atoms with Crippen LogP contribution in [-0.4, -0.2) is 121 Å². The summed E-state index contributed by atoms with van der Waals surface area (Å²) in [7, 11) is 6.41. The van der Waals surface area contributed by atoms with E-state index < -0.39 is 0 Å². The fourth-order valence-electron chi connectivity index (χ4n) is 2.73. The number of carbonyl (C=O) groups is 1. The second kappa shape index (κ2) is 18.3. The molecule has 1 heterocycles. The molecular formula is C24H39N6O5S2+. The Balaban J connectivity index is 1.42. The Morgan fingerprint density at radius 1 is 0.838 bits per heavy atom. The van der Waals surface area contributed by atoms with E-state index in [0.29, 0.717) is 74.2 Å². The van der Waals surface area contributed by atoms with E-state index in [1.165, 1.54) is 23.5 Å². The van der Waals surface area contributed by atoms with Crippen molar-refractivity contribution < 1.29 is 28.6 Å². The lowest BCUT2D eigenvalue weighted by atomic mass is 10.1. The molecule has 0 unspecified atom stereocenters. The fraction of sp³-hybridized carbons (Fsp3) is 0.625. The monoisotopic (exact) mass is 555 g/mol. The standard InChI is InChI=1S/C24H38N6O5S2/c1-30(2,3)11-12-33-13-14-34-15-16-35-17-19-37-24-28-26-23(27-29-24)36-18-9-22(32)25-10-8-20-4-6-21(31)7-5-20/h4-7H,8-19H2,1-3H3,(H-,25,31,32)/p+1. The van der Waals surface area contributed by atoms with Gasteiger partial charge in [0.1, 0.15) is 12.3 Å². The molecule has 0 bridgehead atoms. The molecule has 2 aromatic rings. The average Bonchev–Trinajstić information content (AvgIpc) is 2.86. The first kappa shape index (κ1) is 31.2. The lowest BCUT2D eigenvalue weighted by Gasteiger charge is -2.23. The third kappa shape index (κ3) is 16.4. The van der Waals surface area contributed by atoms with Crippen LogP contribution in [0.4, 0.5) is 0 Å². The molecule has 0 saturated heterocycles. The van der Waals surface area contributed by atoms with Gasteiger partial charge in [-0.2, -0.15) is 0 Å². The first-order valence-corrected chi connectivity index (χ1v) is 14.2. The van der Waals surface area contributed by atoms with Gasteiger partial charge in [-0.15, -0.1) is 20.4 Å². The number of phenols is 1. The van der Waals surface area contributed by atoms with E-state index >= 15 is 0 Å². The maximum atomic E-state index is 12.0. The first-order chi connectivity index (χ1) is 17.8. The number of ether oxygens (including phenoxy) is 3. The van der Waals surface area contributed by atoms with Crippen LogP contribution in [-0.2, 0) is 25.4 Å². The Hall–Kier alpha value is -2.03. The lowest BCUT2D eigenvalue weighted by Crippen LogP contribution is -2.37. The quantitative estimate of drug-likeness (QED) is 0.141. The molecule has 0 fully saturated rings. The predicted molar refractivity (Wildman–Crippen MR) is 144 cm³/mol. The number of hydrogen-bond acceptors (Lipinski definition) is 11. The molecular weight excluding hydrogens is 516 g/mol. The number of carbonyl (C=O) groups excluding carboxylic acids is 1. The Kier molecular flexibility index (Phi) is 15.4. The van der Waals surface area contributed by atoms with Gasteiger partial charge in [-0.3, -0.25) is 4.79 Å². The molecule has 2 N–H and O–H groups in total. The predicted octanol–water partition coefficient (Wildman–Crippen LogP) is 1.66. The molecule has 0 atom stereocenters. The number of aromatic hydroxyl groups is 1. The number of hydrogen-bond donors (Lipinski definition) is 2. The highest BCUT2D eigenvalue weighted by Crippen LogP contribution is 2.15. The van der Waals surface area contributed by atoms with Crippen molar-refractivity contribution in [2.24, 2.45) is 0 Å². The first-order valence-electron chi connectivity index (χ1n) is 12.2. The van der Waals surface area contributed by atoms with Crippen LogP contribution in [0.1, 0.15) is 12.0 Å². The van der Waals surface area contributed by atoms with Crippen molar-refractivity contribution in [1.82, 2.24) is 25.7 Å². The number of quaternary nitrogens is 1. The molecule has 37 heavy (non-hydrogen) atoms. The van der Waals surface area contributed by atoms with Crippen molar-refractivity contribution in [1.29, 1.82) is 0 Å². The highest BCUT2D eigenvalue weighted by atomic mass is 32.2. The average molecular weight is 556 g/mol. The molecule has 0 saturated carbocycles. The number of benzene rings is 1. The molecule has 1 aromatic carbocycles. The fourth-order valence-corrected chi connectivity index (χ4v) is 3.98. The summed E-state index contributed by atoms with van der Waals surface area (Å²) < 4.78 is 17.5. The zero-order valence-electron chi connectivity index (χ0n) is 21.9. The van der Waals surface area contributed by atoms with Crippen molar-refractivity contribution in [3.63, 3.8) is 0 Å². The topological polar surface area (TPSA) is 129 Å². The van der Waals surface area contributed by atoms with Crippen LogP contribution in [0, 0.1) is 0 Å². The number of likely N-dealkylation sites (N-methyl/N-ethyl adjacent to an activating group) is 1. The summed E-state index contributed by atoms with van der Waals surface area (Å²) in [6, 6.07) is 6.95. The van der Waals surface area contributed by atoms with Gasteiger partial charge in [0.05, 0.1) is 60.8 Å². The molecule has 13 heteroatoms. The number of phenolic OH excluding ortho intramolecular Hbond substituents is 1. The van der Waals surface area contributed by atoms with Gasteiger partial charge in [0.2, 0.25) is 16.2 Å². The van der Waals surface area contributed by atoms with Gasteiger partial charge in [0, 0.05) is 24.5 Å². The van der Waals surface area contributed by atoms with Gasteiger partial charge in [0.15, 0.2) is 0 Å². The second-order valence-corrected chi connectivity index (χ2v) is 11.2. The van der Waals surface area contributed by atoms with Gasteiger partial charge in [0.25, 0.3) is 0 Å². The third-order valence-corrected chi connectivity index (χ3v) is 6.41. The minimum atomic E-state index is -0.0337. The third-order valence-electron chi connectivity index (χ3n) is 4.78. The molecule has 11 nitrogen and oxygen atoms in total. The van der Waals surface area contributed by atoms with Crippen LogP contribution in [0.5, 0.6) is 5.75 Å². The largest absolute Gasteiger partial charge is 0.508 e. The van der Waals surface area contributed by atoms with Gasteiger partial charge in [-0.05, 0) is 24.1 Å². The minimum Gasteiger partial charge on any atom is -0.508 e. The number of aromatic nitrogens is 4. The van der Waals surface area contributed by atoms with E-state index in [9.17, 15) is 9.90 Å². The summed E-state index contributed by atoms with van der Waals surface area (Å²) in [5.74, 6) is 1.43. The smallest absolute Gasteiger partial charge is 0.230 e. The van der Waals surface area contributed by atoms with Gasteiger partial charge >= 0.3 is 0 Å². The molecule has 2 rings (SSSR count). The van der Waals surface area contributed by atoms with Crippen molar-refractivity contribution in [2.45, 2.75) is 23.2 Å². The van der Waals surface area contributed by atoms with Gasteiger partial charge in [-0.1, -0.05) is 35.7 Å². The van der Waals surface area contributed by atoms with E-state index in [1.54, 1.807) is 12.1 Å². The molecule has 1 aromatic heterocycles. The summed E-state index contributed by atoms with van der Waals surface area (Å²) in [6.45, 7) is 5.02. The van der Waals surface area contributed by atoms with Gasteiger partial charge in [-0.25, -0.2) is 0 Å². The van der Waals surface area contributed by atoms with Crippen LogP contribution in [0.25, 0.3) is 0 Å². The number of nitrogens with zero attached hydrogens (tertiary/aromatic N) is 5. The van der Waals surface area contributed by atoms with Gasteiger partial charge < -0.3 is 29.1 Å². The van der Waals surface area contributed by atoms with E-state index in [1.807, 2.05) is 12.1 Å². The Bertz CT molecular complexity index is 885. The lowest BCUT2D eigenvalue weighted by molar-refractivity contribution is -0.870. The molecule has 0 aliphatic rings. The number of thioether (sulfide) groups is 2. The van der Waals surface area contributed by atoms with Crippen LogP contribution < -0.4 is 5.32 Å². The van der Waals surface area contributed by atoms with Crippen LogP contribution in [0.15, 0.2) is 34.6 Å². The summed E-state index contributed by atoms with van der Waals surface area (Å²) in [4.78, 5) is 12.0. The number of amides is 1. The maximum Gasteiger partial charge on any atom is 0.230 e. The normalized spacial score (nSPS) is 11.5. The zero-order chi connectivity index (χ0) is 26.8. The van der Waals surface area contributed by atoms with Crippen LogP contribution >= 0.6 is 23.5 Å².